The maximum atomic E-state index is 14.4. The van der Waals surface area contributed by atoms with Crippen LogP contribution in [0.2, 0.25) is 0 Å². The van der Waals surface area contributed by atoms with Crippen molar-refractivity contribution in [3.8, 4) is 5.75 Å². The topological polar surface area (TPSA) is 9.23 Å². The van der Waals surface area contributed by atoms with Gasteiger partial charge in [-0.25, -0.2) is 17.6 Å². The molecule has 3 aromatic carbocycles. The summed E-state index contributed by atoms with van der Waals surface area (Å²) in [5.74, 6) is -2.82. The zero-order valence-corrected chi connectivity index (χ0v) is 16.4. The number of unbranched alkanes of at least 4 members (excludes halogenated alkanes) is 4. The van der Waals surface area contributed by atoms with Crippen molar-refractivity contribution in [1.29, 1.82) is 0 Å². The average Bonchev–Trinajstić information content (AvgIpc) is 2.70. The van der Waals surface area contributed by atoms with E-state index in [4.69, 9.17) is 4.74 Å². The molecule has 0 N–H and O–H groups in total. The molecule has 5 heteroatoms. The van der Waals surface area contributed by atoms with Gasteiger partial charge < -0.3 is 4.74 Å². The van der Waals surface area contributed by atoms with E-state index >= 15 is 0 Å². The van der Waals surface area contributed by atoms with Crippen molar-refractivity contribution in [1.82, 2.24) is 0 Å². The summed E-state index contributed by atoms with van der Waals surface area (Å²) in [4.78, 5) is 0. The van der Waals surface area contributed by atoms with Crippen LogP contribution in [0.4, 0.5) is 17.6 Å². The summed E-state index contributed by atoms with van der Waals surface area (Å²) < 4.78 is 61.3. The summed E-state index contributed by atoms with van der Waals surface area (Å²) >= 11 is 0. The van der Waals surface area contributed by atoms with Crippen molar-refractivity contribution < 1.29 is 22.3 Å². The SMILES string of the molecule is CCCCCCCc1cc(F)c(COc2ccc3c(F)c(F)ccc3c2)c(F)c1. The lowest BCUT2D eigenvalue weighted by molar-refractivity contribution is 0.292. The third-order valence-corrected chi connectivity index (χ3v) is 5.03. The monoisotopic (exact) mass is 404 g/mol. The van der Waals surface area contributed by atoms with Crippen LogP contribution in [0.15, 0.2) is 42.5 Å². The van der Waals surface area contributed by atoms with Gasteiger partial charge in [0.2, 0.25) is 0 Å². The predicted molar refractivity (Wildman–Crippen MR) is 107 cm³/mol. The third-order valence-electron chi connectivity index (χ3n) is 5.03. The Hall–Kier alpha value is -2.56. The molecule has 3 aromatic rings. The first kappa shape index (κ1) is 21.2. The van der Waals surface area contributed by atoms with Crippen molar-refractivity contribution in [3.63, 3.8) is 0 Å². The molecular formula is C24H24F4O. The van der Waals surface area contributed by atoms with Crippen LogP contribution < -0.4 is 4.74 Å². The maximum Gasteiger partial charge on any atom is 0.166 e. The summed E-state index contributed by atoms with van der Waals surface area (Å²) in [6.45, 7) is 1.85. The van der Waals surface area contributed by atoms with Crippen molar-refractivity contribution in [2.24, 2.45) is 0 Å². The zero-order valence-electron chi connectivity index (χ0n) is 16.4. The average molecular weight is 404 g/mol. The van der Waals surface area contributed by atoms with Gasteiger partial charge in [-0.15, -0.1) is 0 Å². The molecule has 0 saturated carbocycles. The highest BCUT2D eigenvalue weighted by atomic mass is 19.2. The van der Waals surface area contributed by atoms with Crippen molar-refractivity contribution in [3.05, 3.63) is 76.9 Å². The van der Waals surface area contributed by atoms with Gasteiger partial charge in [0.15, 0.2) is 11.6 Å². The quantitative estimate of drug-likeness (QED) is 0.265. The molecule has 154 valence electrons. The number of hydrogen-bond donors (Lipinski definition) is 0. The summed E-state index contributed by atoms with van der Waals surface area (Å²) in [6.07, 6.45) is 6.06. The Balaban J connectivity index is 1.66. The lowest BCUT2D eigenvalue weighted by Crippen LogP contribution is -2.04. The largest absolute Gasteiger partial charge is 0.489 e. The molecular weight excluding hydrogens is 380 g/mol. The minimum atomic E-state index is -0.934. The van der Waals surface area contributed by atoms with Gasteiger partial charge in [-0.1, -0.05) is 38.7 Å². The summed E-state index contributed by atoms with van der Waals surface area (Å²) in [5, 5.41) is 0.568. The molecule has 0 aliphatic carbocycles. The van der Waals surface area contributed by atoms with E-state index in [0.29, 0.717) is 23.1 Å². The highest BCUT2D eigenvalue weighted by Crippen LogP contribution is 2.26. The molecule has 1 nitrogen and oxygen atoms in total. The van der Waals surface area contributed by atoms with E-state index in [-0.39, 0.29) is 17.6 Å². The van der Waals surface area contributed by atoms with Gasteiger partial charge in [-0.2, -0.15) is 0 Å². The van der Waals surface area contributed by atoms with Crippen LogP contribution in [-0.2, 0) is 13.0 Å². The van der Waals surface area contributed by atoms with Gasteiger partial charge >= 0.3 is 0 Å². The van der Waals surface area contributed by atoms with Gasteiger partial charge in [0.25, 0.3) is 0 Å². The number of hydrogen-bond acceptors (Lipinski definition) is 1. The Morgan fingerprint density at radius 3 is 2.21 bits per heavy atom. The van der Waals surface area contributed by atoms with Gasteiger partial charge in [-0.3, -0.25) is 0 Å². The fourth-order valence-corrected chi connectivity index (χ4v) is 3.36. The Morgan fingerprint density at radius 2 is 1.48 bits per heavy atom. The van der Waals surface area contributed by atoms with Crippen LogP contribution >= 0.6 is 0 Å². The molecule has 0 fully saturated rings. The number of benzene rings is 3. The van der Waals surface area contributed by atoms with Crippen LogP contribution in [0, 0.1) is 23.3 Å². The molecule has 0 bridgehead atoms. The molecule has 29 heavy (non-hydrogen) atoms. The number of fused-ring (bicyclic) bond motifs is 1. The number of aryl methyl sites for hydroxylation is 1. The van der Waals surface area contributed by atoms with Gasteiger partial charge in [0, 0.05) is 5.39 Å². The van der Waals surface area contributed by atoms with Gasteiger partial charge in [-0.05, 0) is 60.2 Å². The van der Waals surface area contributed by atoms with E-state index < -0.39 is 23.3 Å². The molecule has 0 spiro atoms. The smallest absolute Gasteiger partial charge is 0.166 e. The second-order valence-electron chi connectivity index (χ2n) is 7.24. The first-order valence-electron chi connectivity index (χ1n) is 9.97. The second kappa shape index (κ2) is 9.77. The predicted octanol–water partition coefficient (Wildman–Crippen LogP) is 7.49. The standard InChI is InChI=1S/C24H24F4O/c1-2-3-4-5-6-7-16-12-22(26)20(23(27)13-16)15-29-18-9-10-19-17(14-18)8-11-21(25)24(19)28/h8-14H,2-7,15H2,1H3. The minimum absolute atomic E-state index is 0.123. The van der Waals surface area contributed by atoms with Crippen LogP contribution in [0.3, 0.4) is 0 Å². The molecule has 0 saturated heterocycles. The van der Waals surface area contributed by atoms with Crippen LogP contribution in [0.25, 0.3) is 10.8 Å². The summed E-state index contributed by atoms with van der Waals surface area (Å²) in [7, 11) is 0. The fourth-order valence-electron chi connectivity index (χ4n) is 3.36. The molecule has 0 unspecified atom stereocenters. The number of rotatable bonds is 9. The summed E-state index contributed by atoms with van der Waals surface area (Å²) in [5.41, 5.74) is 0.494. The molecule has 0 aromatic heterocycles. The lowest BCUT2D eigenvalue weighted by Gasteiger charge is -2.11. The van der Waals surface area contributed by atoms with Crippen LogP contribution in [0.5, 0.6) is 5.75 Å². The third kappa shape index (κ3) is 5.28. The molecule has 0 amide bonds. The lowest BCUT2D eigenvalue weighted by atomic mass is 10.0. The first-order chi connectivity index (χ1) is 14.0. The maximum absolute atomic E-state index is 14.4. The van der Waals surface area contributed by atoms with E-state index in [2.05, 4.69) is 6.92 Å². The molecule has 3 rings (SSSR count). The number of halogens is 4. The fraction of sp³-hybridized carbons (Fsp3) is 0.333. The van der Waals surface area contributed by atoms with Gasteiger partial charge in [0.05, 0.1) is 5.56 Å². The molecule has 0 atom stereocenters. The Morgan fingerprint density at radius 1 is 0.759 bits per heavy atom. The second-order valence-corrected chi connectivity index (χ2v) is 7.24. The highest BCUT2D eigenvalue weighted by molar-refractivity contribution is 5.84. The van der Waals surface area contributed by atoms with E-state index in [9.17, 15) is 17.6 Å². The zero-order chi connectivity index (χ0) is 20.8. The number of ether oxygens (including phenoxy) is 1. The van der Waals surface area contributed by atoms with Crippen molar-refractivity contribution >= 4 is 10.8 Å². The van der Waals surface area contributed by atoms with E-state index in [1.807, 2.05) is 0 Å². The highest BCUT2D eigenvalue weighted by Gasteiger charge is 2.13. The van der Waals surface area contributed by atoms with Crippen LogP contribution in [-0.4, -0.2) is 0 Å². The summed E-state index contributed by atoms with van der Waals surface area (Å²) in [6, 6.07) is 9.53. The normalized spacial score (nSPS) is 11.2. The van der Waals surface area contributed by atoms with E-state index in [1.54, 1.807) is 0 Å². The Bertz CT molecular complexity index is 961. The van der Waals surface area contributed by atoms with E-state index in [1.165, 1.54) is 42.8 Å². The first-order valence-corrected chi connectivity index (χ1v) is 9.97. The van der Waals surface area contributed by atoms with Crippen molar-refractivity contribution in [2.45, 2.75) is 52.1 Å². The van der Waals surface area contributed by atoms with E-state index in [0.717, 1.165) is 31.7 Å². The van der Waals surface area contributed by atoms with Gasteiger partial charge in [0.1, 0.15) is 24.0 Å². The molecule has 0 heterocycles. The molecule has 0 aliphatic heterocycles. The minimum Gasteiger partial charge on any atom is -0.489 e. The Labute approximate surface area is 168 Å². The molecule has 0 aliphatic rings. The van der Waals surface area contributed by atoms with Crippen molar-refractivity contribution in [2.75, 3.05) is 0 Å². The Kier molecular flexibility index (Phi) is 7.13. The molecule has 0 radical (unpaired) electrons. The van der Waals surface area contributed by atoms with Crippen LogP contribution in [0.1, 0.15) is 50.2 Å².